The summed E-state index contributed by atoms with van der Waals surface area (Å²) in [6.07, 6.45) is 1.79. The molecule has 1 fully saturated rings. The van der Waals surface area contributed by atoms with Gasteiger partial charge in [0.2, 0.25) is 0 Å². The largest absolute Gasteiger partial charge is 0.505 e. The Bertz CT molecular complexity index is 1940. The number of fused-ring (bicyclic) bond motifs is 2. The number of rotatable bonds is 6. The number of imidazole rings is 1. The first-order valence-corrected chi connectivity index (χ1v) is 13.5. The van der Waals surface area contributed by atoms with E-state index in [0.717, 1.165) is 10.3 Å². The number of aromatic nitrogens is 3. The van der Waals surface area contributed by atoms with Crippen LogP contribution in [-0.4, -0.2) is 42.7 Å². The molecule has 206 valence electrons. The fourth-order valence-electron chi connectivity index (χ4n) is 5.08. The monoisotopic (exact) mass is 569 g/mol. The van der Waals surface area contributed by atoms with Crippen LogP contribution >= 0.6 is 11.3 Å². The highest BCUT2D eigenvalue weighted by Gasteiger charge is 2.49. The molecule has 12 heteroatoms. The summed E-state index contributed by atoms with van der Waals surface area (Å²) in [5.74, 6) is -1.70. The third kappa shape index (κ3) is 4.19. The molecule has 3 aromatic heterocycles. The number of carbonyl (C=O) groups excluding carboxylic acids is 2. The summed E-state index contributed by atoms with van der Waals surface area (Å²) in [5.41, 5.74) is 2.54. The van der Waals surface area contributed by atoms with E-state index in [9.17, 15) is 24.8 Å². The molecule has 1 amide bonds. The Labute approximate surface area is 237 Å². The van der Waals surface area contributed by atoms with Crippen LogP contribution < -0.4 is 9.64 Å². The molecule has 0 aliphatic carbocycles. The third-order valence-corrected chi connectivity index (χ3v) is 8.03. The molecule has 1 atom stereocenters. The second kappa shape index (κ2) is 9.82. The van der Waals surface area contributed by atoms with Crippen molar-refractivity contribution < 1.29 is 24.4 Å². The van der Waals surface area contributed by atoms with Gasteiger partial charge in [0.15, 0.2) is 10.9 Å². The van der Waals surface area contributed by atoms with Crippen LogP contribution in [0.15, 0.2) is 66.4 Å². The lowest BCUT2D eigenvalue weighted by Crippen LogP contribution is -2.29. The maximum Gasteiger partial charge on any atom is 0.301 e. The van der Waals surface area contributed by atoms with E-state index < -0.39 is 28.4 Å². The predicted octanol–water partition coefficient (Wildman–Crippen LogP) is 5.49. The molecular formula is C29H23N5O6S. The number of ketones is 1. The fourth-order valence-corrected chi connectivity index (χ4v) is 6.10. The molecule has 41 heavy (non-hydrogen) atoms. The van der Waals surface area contributed by atoms with Gasteiger partial charge < -0.3 is 14.2 Å². The molecule has 1 saturated heterocycles. The Hall–Kier alpha value is -5.10. The summed E-state index contributed by atoms with van der Waals surface area (Å²) in [5, 5.41) is 23.5. The first-order chi connectivity index (χ1) is 19.7. The highest BCUT2D eigenvalue weighted by molar-refractivity contribution is 7.22. The number of nitrogens with zero attached hydrogens (tertiary/aromatic N) is 5. The van der Waals surface area contributed by atoms with Gasteiger partial charge in [0, 0.05) is 18.3 Å². The number of aliphatic hydroxyl groups is 1. The van der Waals surface area contributed by atoms with Gasteiger partial charge in [-0.3, -0.25) is 24.6 Å². The Morgan fingerprint density at radius 2 is 1.93 bits per heavy atom. The number of amides is 1. The number of benzene rings is 2. The molecule has 0 spiro atoms. The van der Waals surface area contributed by atoms with Crippen LogP contribution in [-0.2, 0) is 9.59 Å². The number of carbonyl (C=O) groups is 2. The van der Waals surface area contributed by atoms with Crippen molar-refractivity contribution in [1.29, 1.82) is 0 Å². The quantitative estimate of drug-likeness (QED) is 0.0930. The number of ether oxygens (including phenoxy) is 1. The van der Waals surface area contributed by atoms with Gasteiger partial charge in [-0.05, 0) is 56.2 Å². The summed E-state index contributed by atoms with van der Waals surface area (Å²) >= 11 is 1.17. The fraction of sp³-hybridized carbons (Fsp3) is 0.172. The van der Waals surface area contributed by atoms with Gasteiger partial charge in [0.25, 0.3) is 11.5 Å². The van der Waals surface area contributed by atoms with Crippen LogP contribution in [0.4, 0.5) is 10.8 Å². The number of aliphatic hydroxyl groups excluding tert-OH is 1. The number of hydrogen-bond donors (Lipinski definition) is 1. The normalized spacial score (nSPS) is 16.7. The maximum absolute atomic E-state index is 13.6. The number of aryl methyl sites for hydroxylation is 2. The van der Waals surface area contributed by atoms with Gasteiger partial charge in [0.05, 0.1) is 39.1 Å². The molecule has 2 aromatic carbocycles. The standard InChI is InChI=1S/C29H23N5O6S/c1-4-40-19-10-11-20-21(14-19)41-29(30-20)33-24(17-8-5-9-18(13-17)34(38)39)22(26(36)28(33)37)25(35)23-16(3)32-12-6-7-15(2)27(32)31-23/h5-14,24,35H,4H2,1-3H3. The molecule has 1 aliphatic rings. The van der Waals surface area contributed by atoms with E-state index in [0.29, 0.717) is 29.2 Å². The molecule has 0 saturated carbocycles. The van der Waals surface area contributed by atoms with Crippen molar-refractivity contribution in [2.45, 2.75) is 26.8 Å². The number of hydrogen-bond acceptors (Lipinski definition) is 9. The highest BCUT2D eigenvalue weighted by Crippen LogP contribution is 2.45. The van der Waals surface area contributed by atoms with Gasteiger partial charge in [0.1, 0.15) is 17.1 Å². The molecule has 1 N–H and O–H groups in total. The zero-order valence-electron chi connectivity index (χ0n) is 22.2. The molecule has 0 bridgehead atoms. The van der Waals surface area contributed by atoms with Crippen molar-refractivity contribution in [3.05, 3.63) is 99.0 Å². The zero-order valence-corrected chi connectivity index (χ0v) is 23.0. The van der Waals surface area contributed by atoms with Crippen molar-refractivity contribution in [2.75, 3.05) is 11.5 Å². The van der Waals surface area contributed by atoms with Crippen molar-refractivity contribution in [1.82, 2.24) is 14.4 Å². The summed E-state index contributed by atoms with van der Waals surface area (Å²) in [6, 6.07) is 13.5. The Morgan fingerprint density at radius 1 is 1.12 bits per heavy atom. The van der Waals surface area contributed by atoms with Crippen LogP contribution in [0.5, 0.6) is 5.75 Å². The van der Waals surface area contributed by atoms with Crippen LogP contribution in [0, 0.1) is 24.0 Å². The van der Waals surface area contributed by atoms with E-state index in [1.54, 1.807) is 41.8 Å². The summed E-state index contributed by atoms with van der Waals surface area (Å²) in [7, 11) is 0. The first kappa shape index (κ1) is 26.1. The molecular weight excluding hydrogens is 546 g/mol. The second-order valence-corrected chi connectivity index (χ2v) is 10.5. The maximum atomic E-state index is 13.6. The highest BCUT2D eigenvalue weighted by atomic mass is 32.1. The summed E-state index contributed by atoms with van der Waals surface area (Å²) < 4.78 is 8.09. The van der Waals surface area contributed by atoms with Gasteiger partial charge >= 0.3 is 5.91 Å². The van der Waals surface area contributed by atoms with Crippen molar-refractivity contribution >= 4 is 55.5 Å². The Balaban J connectivity index is 1.58. The van der Waals surface area contributed by atoms with Crippen LogP contribution in [0.3, 0.4) is 0 Å². The number of non-ortho nitro benzene ring substituents is 1. The minimum atomic E-state index is -1.19. The average molecular weight is 570 g/mol. The van der Waals surface area contributed by atoms with Gasteiger partial charge in [-0.15, -0.1) is 0 Å². The van der Waals surface area contributed by atoms with Crippen LogP contribution in [0.25, 0.3) is 21.6 Å². The summed E-state index contributed by atoms with van der Waals surface area (Å²) in [6.45, 7) is 5.96. The zero-order chi connectivity index (χ0) is 29.0. The molecule has 0 radical (unpaired) electrons. The van der Waals surface area contributed by atoms with Crippen molar-refractivity contribution in [3.8, 4) is 5.75 Å². The Kier molecular flexibility index (Phi) is 6.26. The minimum Gasteiger partial charge on any atom is -0.505 e. The van der Waals surface area contributed by atoms with Gasteiger partial charge in [-0.2, -0.15) is 0 Å². The number of nitro benzene ring substituents is 1. The number of anilines is 1. The predicted molar refractivity (Wildman–Crippen MR) is 153 cm³/mol. The van der Waals surface area contributed by atoms with Crippen LogP contribution in [0.2, 0.25) is 0 Å². The molecule has 1 unspecified atom stereocenters. The lowest BCUT2D eigenvalue weighted by atomic mass is 9.96. The van der Waals surface area contributed by atoms with E-state index in [2.05, 4.69) is 9.97 Å². The van der Waals surface area contributed by atoms with E-state index >= 15 is 0 Å². The van der Waals surface area contributed by atoms with E-state index in [1.807, 2.05) is 26.0 Å². The van der Waals surface area contributed by atoms with E-state index in [1.165, 1.54) is 34.4 Å². The lowest BCUT2D eigenvalue weighted by Gasteiger charge is -2.22. The number of pyridine rings is 1. The second-order valence-electron chi connectivity index (χ2n) is 9.51. The molecule has 1 aliphatic heterocycles. The molecule has 5 aromatic rings. The Morgan fingerprint density at radius 3 is 2.66 bits per heavy atom. The average Bonchev–Trinajstić information content (AvgIpc) is 3.61. The smallest absolute Gasteiger partial charge is 0.301 e. The number of nitro groups is 1. The molecule has 11 nitrogen and oxygen atoms in total. The van der Waals surface area contributed by atoms with Crippen LogP contribution in [0.1, 0.15) is 35.5 Å². The summed E-state index contributed by atoms with van der Waals surface area (Å²) in [4.78, 5) is 48.7. The third-order valence-electron chi connectivity index (χ3n) is 7.02. The van der Waals surface area contributed by atoms with E-state index in [-0.39, 0.29) is 27.6 Å². The van der Waals surface area contributed by atoms with Gasteiger partial charge in [-0.25, -0.2) is 9.97 Å². The molecule has 4 heterocycles. The lowest BCUT2D eigenvalue weighted by molar-refractivity contribution is -0.384. The minimum absolute atomic E-state index is 0.137. The number of thiazole rings is 1. The van der Waals surface area contributed by atoms with E-state index in [4.69, 9.17) is 4.74 Å². The topological polar surface area (TPSA) is 140 Å². The molecule has 6 rings (SSSR count). The number of Topliss-reactive ketones (excluding diaryl/α,β-unsaturated/α-hetero) is 1. The van der Waals surface area contributed by atoms with Crippen molar-refractivity contribution in [3.63, 3.8) is 0 Å². The first-order valence-electron chi connectivity index (χ1n) is 12.7. The van der Waals surface area contributed by atoms with Crippen molar-refractivity contribution in [2.24, 2.45) is 0 Å². The van der Waals surface area contributed by atoms with Gasteiger partial charge in [-0.1, -0.05) is 29.5 Å². The SMILES string of the molecule is CCOc1ccc2nc(N3C(=O)C(=O)C(=C(O)c4nc5c(C)cccn5c4C)C3c3cccc([N+](=O)[O-])c3)sc2c1.